The van der Waals surface area contributed by atoms with Crippen LogP contribution in [0, 0.1) is 10.1 Å². The van der Waals surface area contributed by atoms with E-state index >= 15 is 0 Å². The van der Waals surface area contributed by atoms with E-state index in [4.69, 9.17) is 9.26 Å². The molecule has 3 aromatic rings. The predicted octanol–water partition coefficient (Wildman–Crippen LogP) is 2.17. The number of carbonyl (C=O) groups is 2. The maximum atomic E-state index is 12.4. The first kappa shape index (κ1) is 20.3. The number of rotatable bonds is 6. The van der Waals surface area contributed by atoms with Crippen LogP contribution in [-0.4, -0.2) is 59.6 Å². The van der Waals surface area contributed by atoms with Crippen LogP contribution >= 0.6 is 0 Å². The molecule has 160 valence electrons. The Balaban J connectivity index is 1.24. The second-order valence-electron chi connectivity index (χ2n) is 7.10. The van der Waals surface area contributed by atoms with Gasteiger partial charge in [-0.1, -0.05) is 17.3 Å². The SMILES string of the molecule is O=C(Cc1noc2ccccc12)OCC(=O)N1CCN(c2ccc([N+](=O)[O-])cc2)CC1. The van der Waals surface area contributed by atoms with Crippen LogP contribution in [-0.2, 0) is 20.7 Å². The molecule has 0 N–H and O–H groups in total. The van der Waals surface area contributed by atoms with Crippen molar-refractivity contribution in [2.45, 2.75) is 6.42 Å². The number of para-hydroxylation sites is 1. The van der Waals surface area contributed by atoms with Crippen molar-refractivity contribution in [2.24, 2.45) is 0 Å². The summed E-state index contributed by atoms with van der Waals surface area (Å²) in [6, 6.07) is 13.5. The van der Waals surface area contributed by atoms with E-state index in [1.165, 1.54) is 12.1 Å². The molecule has 2 aromatic carbocycles. The first-order valence-electron chi connectivity index (χ1n) is 9.77. The number of amides is 1. The van der Waals surface area contributed by atoms with E-state index in [0.29, 0.717) is 37.5 Å². The number of nitro benzene ring substituents is 1. The molecule has 1 aliphatic rings. The molecule has 1 fully saturated rings. The number of hydrogen-bond donors (Lipinski definition) is 0. The molecular weight excluding hydrogens is 404 g/mol. The van der Waals surface area contributed by atoms with Crippen LogP contribution in [0.2, 0.25) is 0 Å². The summed E-state index contributed by atoms with van der Waals surface area (Å²) >= 11 is 0. The van der Waals surface area contributed by atoms with Gasteiger partial charge in [0.2, 0.25) is 0 Å². The summed E-state index contributed by atoms with van der Waals surface area (Å²) in [6.45, 7) is 1.79. The first-order chi connectivity index (χ1) is 15.0. The van der Waals surface area contributed by atoms with Gasteiger partial charge in [-0.3, -0.25) is 19.7 Å². The molecule has 0 spiro atoms. The van der Waals surface area contributed by atoms with Gasteiger partial charge < -0.3 is 19.1 Å². The van der Waals surface area contributed by atoms with Gasteiger partial charge in [-0.05, 0) is 24.3 Å². The second kappa shape index (κ2) is 8.82. The number of non-ortho nitro benzene ring substituents is 1. The van der Waals surface area contributed by atoms with Crippen molar-refractivity contribution in [1.82, 2.24) is 10.1 Å². The van der Waals surface area contributed by atoms with Crippen LogP contribution in [0.1, 0.15) is 5.69 Å². The number of aromatic nitrogens is 1. The largest absolute Gasteiger partial charge is 0.455 e. The van der Waals surface area contributed by atoms with Gasteiger partial charge in [0, 0.05) is 49.4 Å². The zero-order chi connectivity index (χ0) is 21.8. The Hall–Kier alpha value is -3.95. The Morgan fingerprint density at radius 3 is 2.48 bits per heavy atom. The molecule has 0 bridgehead atoms. The highest BCUT2D eigenvalue weighted by atomic mass is 16.6. The van der Waals surface area contributed by atoms with Crippen LogP contribution in [0.15, 0.2) is 53.1 Å². The Kier molecular flexibility index (Phi) is 5.78. The minimum absolute atomic E-state index is 0.0398. The number of hydrogen-bond acceptors (Lipinski definition) is 8. The van der Waals surface area contributed by atoms with Crippen LogP contribution in [0.5, 0.6) is 0 Å². The van der Waals surface area contributed by atoms with Crippen molar-refractivity contribution >= 4 is 34.2 Å². The number of fused-ring (bicyclic) bond motifs is 1. The van der Waals surface area contributed by atoms with Gasteiger partial charge in [-0.2, -0.15) is 0 Å². The number of benzene rings is 2. The van der Waals surface area contributed by atoms with Crippen LogP contribution in [0.3, 0.4) is 0 Å². The van der Waals surface area contributed by atoms with Gasteiger partial charge in [0.05, 0.1) is 11.3 Å². The van der Waals surface area contributed by atoms with Crippen LogP contribution in [0.25, 0.3) is 11.0 Å². The maximum Gasteiger partial charge on any atom is 0.312 e. The highest BCUT2D eigenvalue weighted by molar-refractivity contribution is 5.85. The normalized spacial score (nSPS) is 13.9. The van der Waals surface area contributed by atoms with E-state index in [-0.39, 0.29) is 24.6 Å². The molecule has 2 heterocycles. The Morgan fingerprint density at radius 2 is 1.77 bits per heavy atom. The lowest BCUT2D eigenvalue weighted by Crippen LogP contribution is -2.49. The molecule has 1 aromatic heterocycles. The zero-order valence-electron chi connectivity index (χ0n) is 16.6. The smallest absolute Gasteiger partial charge is 0.312 e. The molecule has 0 radical (unpaired) electrons. The topological polar surface area (TPSA) is 119 Å². The third kappa shape index (κ3) is 4.63. The van der Waals surface area contributed by atoms with E-state index in [2.05, 4.69) is 10.1 Å². The number of esters is 1. The summed E-state index contributed by atoms with van der Waals surface area (Å²) < 4.78 is 10.3. The predicted molar refractivity (Wildman–Crippen MR) is 111 cm³/mol. The second-order valence-corrected chi connectivity index (χ2v) is 7.10. The highest BCUT2D eigenvalue weighted by Gasteiger charge is 2.23. The van der Waals surface area contributed by atoms with Crippen LogP contribution in [0.4, 0.5) is 11.4 Å². The van der Waals surface area contributed by atoms with Gasteiger partial charge in [-0.15, -0.1) is 0 Å². The summed E-state index contributed by atoms with van der Waals surface area (Å²) in [7, 11) is 0. The van der Waals surface area contributed by atoms with Crippen molar-refractivity contribution in [3.05, 3.63) is 64.3 Å². The molecular formula is C21H20N4O6. The average Bonchev–Trinajstić information content (AvgIpc) is 3.20. The van der Waals surface area contributed by atoms with E-state index in [9.17, 15) is 19.7 Å². The summed E-state index contributed by atoms with van der Waals surface area (Å²) in [4.78, 5) is 38.5. The van der Waals surface area contributed by atoms with Crippen molar-refractivity contribution in [3.8, 4) is 0 Å². The lowest BCUT2D eigenvalue weighted by molar-refractivity contribution is -0.384. The third-order valence-corrected chi connectivity index (χ3v) is 5.18. The average molecular weight is 424 g/mol. The van der Waals surface area contributed by atoms with Crippen LogP contribution < -0.4 is 4.90 Å². The minimum Gasteiger partial charge on any atom is -0.455 e. The number of anilines is 1. The number of piperazine rings is 1. The van der Waals surface area contributed by atoms with Crippen molar-refractivity contribution in [2.75, 3.05) is 37.7 Å². The molecule has 1 saturated heterocycles. The molecule has 10 heteroatoms. The van der Waals surface area contributed by atoms with E-state index in [1.807, 2.05) is 18.2 Å². The standard InChI is InChI=1S/C21H20N4O6/c26-20(14-30-21(27)13-18-17-3-1-2-4-19(17)31-22-18)24-11-9-23(10-12-24)15-5-7-16(8-6-15)25(28)29/h1-8H,9-14H2. The number of nitro groups is 1. The summed E-state index contributed by atoms with van der Waals surface area (Å²) in [5.41, 5.74) is 1.97. The fraction of sp³-hybridized carbons (Fsp3) is 0.286. The first-order valence-corrected chi connectivity index (χ1v) is 9.77. The molecule has 31 heavy (non-hydrogen) atoms. The Labute approximate surface area is 177 Å². The summed E-state index contributed by atoms with van der Waals surface area (Å²) in [5.74, 6) is -0.807. The van der Waals surface area contributed by atoms with Gasteiger partial charge in [-0.25, -0.2) is 0 Å². The summed E-state index contributed by atoms with van der Waals surface area (Å²) in [6.07, 6.45) is -0.0712. The lowest BCUT2D eigenvalue weighted by Gasteiger charge is -2.36. The zero-order valence-corrected chi connectivity index (χ0v) is 16.6. The van der Waals surface area contributed by atoms with Crippen molar-refractivity contribution in [1.29, 1.82) is 0 Å². The monoisotopic (exact) mass is 424 g/mol. The van der Waals surface area contributed by atoms with E-state index in [0.717, 1.165) is 11.1 Å². The van der Waals surface area contributed by atoms with Gasteiger partial charge in [0.1, 0.15) is 5.69 Å². The Morgan fingerprint density at radius 1 is 1.06 bits per heavy atom. The molecule has 4 rings (SSSR count). The van der Waals surface area contributed by atoms with E-state index in [1.54, 1.807) is 23.1 Å². The van der Waals surface area contributed by atoms with Gasteiger partial charge in [0.25, 0.3) is 11.6 Å². The molecule has 0 unspecified atom stereocenters. The number of ether oxygens (including phenoxy) is 1. The molecule has 1 amide bonds. The fourth-order valence-corrected chi connectivity index (χ4v) is 3.49. The Bertz CT molecular complexity index is 1100. The van der Waals surface area contributed by atoms with Crippen molar-refractivity contribution < 1.29 is 23.8 Å². The fourth-order valence-electron chi connectivity index (χ4n) is 3.49. The highest BCUT2D eigenvalue weighted by Crippen LogP contribution is 2.21. The maximum absolute atomic E-state index is 12.4. The molecule has 1 aliphatic heterocycles. The number of carbonyl (C=O) groups excluding carboxylic acids is 2. The van der Waals surface area contributed by atoms with E-state index < -0.39 is 10.9 Å². The third-order valence-electron chi connectivity index (χ3n) is 5.18. The molecule has 0 saturated carbocycles. The molecule has 10 nitrogen and oxygen atoms in total. The molecule has 0 atom stereocenters. The minimum atomic E-state index is -0.545. The van der Waals surface area contributed by atoms with Gasteiger partial charge in [0.15, 0.2) is 12.2 Å². The van der Waals surface area contributed by atoms with Crippen molar-refractivity contribution in [3.63, 3.8) is 0 Å². The lowest BCUT2D eigenvalue weighted by atomic mass is 10.2. The summed E-state index contributed by atoms with van der Waals surface area (Å²) in [5, 5.41) is 15.4. The van der Waals surface area contributed by atoms with Gasteiger partial charge >= 0.3 is 5.97 Å². The number of nitrogens with zero attached hydrogens (tertiary/aromatic N) is 4. The molecule has 0 aliphatic carbocycles. The quantitative estimate of drug-likeness (QED) is 0.336.